The van der Waals surface area contributed by atoms with Crippen LogP contribution in [0.15, 0.2) is 48.7 Å². The van der Waals surface area contributed by atoms with Gasteiger partial charge in [-0.3, -0.25) is 14.6 Å². The van der Waals surface area contributed by atoms with Crippen molar-refractivity contribution in [1.82, 2.24) is 29.3 Å². The highest BCUT2D eigenvalue weighted by molar-refractivity contribution is 6.13. The van der Waals surface area contributed by atoms with Gasteiger partial charge in [-0.25, -0.2) is 19.6 Å². The predicted molar refractivity (Wildman–Crippen MR) is 137 cm³/mol. The van der Waals surface area contributed by atoms with Gasteiger partial charge in [0.05, 0.1) is 36.0 Å². The molecule has 1 aliphatic heterocycles. The Morgan fingerprint density at radius 1 is 1.03 bits per heavy atom. The molecular weight excluding hydrogens is 472 g/mol. The number of aromatic carboxylic acids is 1. The van der Waals surface area contributed by atoms with E-state index in [-0.39, 0.29) is 24.0 Å². The second-order valence-electron chi connectivity index (χ2n) is 9.08. The van der Waals surface area contributed by atoms with Crippen molar-refractivity contribution >= 4 is 24.0 Å². The van der Waals surface area contributed by atoms with Gasteiger partial charge in [0.15, 0.2) is 0 Å². The van der Waals surface area contributed by atoms with Crippen LogP contribution < -0.4 is 0 Å². The molecule has 3 heterocycles. The van der Waals surface area contributed by atoms with E-state index in [9.17, 15) is 19.5 Å². The van der Waals surface area contributed by atoms with E-state index in [0.717, 1.165) is 49.2 Å². The maximum atomic E-state index is 13.4. The van der Waals surface area contributed by atoms with Gasteiger partial charge in [-0.15, -0.1) is 0 Å². The minimum absolute atomic E-state index is 0.201. The van der Waals surface area contributed by atoms with Gasteiger partial charge < -0.3 is 14.7 Å². The fraction of sp³-hybridized carbons (Fsp3) is 0.370. The number of aromatic nitrogens is 4. The molecule has 37 heavy (non-hydrogen) atoms. The first kappa shape index (κ1) is 25.9. The number of carboxylic acids is 1. The van der Waals surface area contributed by atoms with Crippen molar-refractivity contribution < 1.29 is 19.5 Å². The maximum absolute atomic E-state index is 13.4. The number of nitrogens with one attached hydrogen (secondary N) is 1. The number of amides is 3. The average molecular weight is 505 g/mol. The summed E-state index contributed by atoms with van der Waals surface area (Å²) < 4.78 is 2.03. The SMILES string of the molecule is CCCCc1ncc(/C=C2\C(=O)N(CCCC)C(=O)N2Cc2cnc[nH]2)n1Cc1ccc(C(=O)O)cc1. The minimum atomic E-state index is -0.974. The molecule has 0 aliphatic carbocycles. The summed E-state index contributed by atoms with van der Waals surface area (Å²) in [6, 6.07) is 6.38. The van der Waals surface area contributed by atoms with Crippen molar-refractivity contribution in [2.45, 2.75) is 59.0 Å². The average Bonchev–Trinajstić information content (AvgIpc) is 3.59. The third-order valence-corrected chi connectivity index (χ3v) is 6.38. The summed E-state index contributed by atoms with van der Waals surface area (Å²) in [6.45, 7) is 5.15. The second-order valence-corrected chi connectivity index (χ2v) is 9.08. The summed E-state index contributed by atoms with van der Waals surface area (Å²) in [5.74, 6) is -0.431. The fourth-order valence-electron chi connectivity index (χ4n) is 4.27. The molecule has 194 valence electrons. The molecule has 10 nitrogen and oxygen atoms in total. The Hall–Kier alpha value is -4.21. The monoisotopic (exact) mass is 504 g/mol. The molecule has 0 bridgehead atoms. The summed E-state index contributed by atoms with van der Waals surface area (Å²) in [6.07, 6.45) is 11.0. The Morgan fingerprint density at radius 2 is 1.78 bits per heavy atom. The Balaban J connectivity index is 1.71. The van der Waals surface area contributed by atoms with Gasteiger partial charge in [-0.1, -0.05) is 38.8 Å². The van der Waals surface area contributed by atoms with E-state index in [1.807, 2.05) is 11.5 Å². The van der Waals surface area contributed by atoms with Gasteiger partial charge >= 0.3 is 12.0 Å². The minimum Gasteiger partial charge on any atom is -0.478 e. The third kappa shape index (κ3) is 5.79. The zero-order valence-corrected chi connectivity index (χ0v) is 21.2. The van der Waals surface area contributed by atoms with E-state index in [0.29, 0.717) is 24.5 Å². The first-order chi connectivity index (χ1) is 17.9. The Labute approximate surface area is 215 Å². The molecule has 1 aromatic carbocycles. The molecular formula is C27H32N6O4. The highest BCUT2D eigenvalue weighted by atomic mass is 16.4. The number of H-pyrrole nitrogens is 1. The van der Waals surface area contributed by atoms with Crippen molar-refractivity contribution in [3.63, 3.8) is 0 Å². The molecule has 3 aromatic rings. The number of rotatable bonds is 12. The van der Waals surface area contributed by atoms with Crippen LogP contribution in [0, 0.1) is 0 Å². The fourth-order valence-corrected chi connectivity index (χ4v) is 4.27. The molecule has 0 saturated carbocycles. The van der Waals surface area contributed by atoms with Crippen LogP contribution in [0.4, 0.5) is 4.79 Å². The van der Waals surface area contributed by atoms with Gasteiger partial charge in [-0.2, -0.15) is 0 Å². The van der Waals surface area contributed by atoms with Crippen LogP contribution in [-0.2, 0) is 24.3 Å². The van der Waals surface area contributed by atoms with E-state index >= 15 is 0 Å². The van der Waals surface area contributed by atoms with Gasteiger partial charge in [0.2, 0.25) is 0 Å². The van der Waals surface area contributed by atoms with Gasteiger partial charge in [-0.05, 0) is 36.6 Å². The largest absolute Gasteiger partial charge is 0.478 e. The molecule has 4 rings (SSSR count). The first-order valence-electron chi connectivity index (χ1n) is 12.6. The van der Waals surface area contributed by atoms with Crippen LogP contribution in [0.25, 0.3) is 6.08 Å². The number of aryl methyl sites for hydroxylation is 1. The zero-order valence-electron chi connectivity index (χ0n) is 21.2. The smallest absolute Gasteiger partial charge is 0.335 e. The number of benzene rings is 1. The van der Waals surface area contributed by atoms with Crippen LogP contribution in [0.1, 0.15) is 72.7 Å². The van der Waals surface area contributed by atoms with Crippen LogP contribution in [-0.4, -0.2) is 58.9 Å². The predicted octanol–water partition coefficient (Wildman–Crippen LogP) is 4.30. The Kier molecular flexibility index (Phi) is 8.17. The van der Waals surface area contributed by atoms with Crippen molar-refractivity contribution in [1.29, 1.82) is 0 Å². The van der Waals surface area contributed by atoms with Crippen molar-refractivity contribution in [2.75, 3.05) is 6.54 Å². The number of hydrogen-bond acceptors (Lipinski definition) is 5. The van der Waals surface area contributed by atoms with E-state index in [1.54, 1.807) is 49.1 Å². The van der Waals surface area contributed by atoms with Gasteiger partial charge in [0.1, 0.15) is 11.5 Å². The molecule has 3 amide bonds. The second kappa shape index (κ2) is 11.7. The Bertz CT molecular complexity index is 1280. The molecule has 2 aromatic heterocycles. The molecule has 0 unspecified atom stereocenters. The van der Waals surface area contributed by atoms with Crippen LogP contribution in [0.2, 0.25) is 0 Å². The third-order valence-electron chi connectivity index (χ3n) is 6.38. The first-order valence-corrected chi connectivity index (χ1v) is 12.6. The number of nitrogens with zero attached hydrogens (tertiary/aromatic N) is 5. The summed E-state index contributed by atoms with van der Waals surface area (Å²) in [5, 5.41) is 9.22. The summed E-state index contributed by atoms with van der Waals surface area (Å²) in [7, 11) is 0. The molecule has 0 atom stereocenters. The molecule has 10 heteroatoms. The van der Waals surface area contributed by atoms with Crippen molar-refractivity contribution in [3.8, 4) is 0 Å². The summed E-state index contributed by atoms with van der Waals surface area (Å²) >= 11 is 0. The van der Waals surface area contributed by atoms with E-state index < -0.39 is 5.97 Å². The Morgan fingerprint density at radius 3 is 2.43 bits per heavy atom. The maximum Gasteiger partial charge on any atom is 0.335 e. The summed E-state index contributed by atoms with van der Waals surface area (Å²) in [4.78, 5) is 52.3. The number of imide groups is 1. The number of hydrogen-bond donors (Lipinski definition) is 2. The molecule has 2 N–H and O–H groups in total. The number of imidazole rings is 2. The van der Waals surface area contributed by atoms with E-state index in [4.69, 9.17) is 0 Å². The lowest BCUT2D eigenvalue weighted by molar-refractivity contribution is -0.123. The highest BCUT2D eigenvalue weighted by Gasteiger charge is 2.40. The normalized spacial score (nSPS) is 14.8. The number of carboxylic acid groups (broad SMARTS) is 1. The molecule has 0 radical (unpaired) electrons. The van der Waals surface area contributed by atoms with E-state index in [1.165, 1.54) is 9.80 Å². The number of urea groups is 1. The van der Waals surface area contributed by atoms with Gasteiger partial charge in [0.25, 0.3) is 5.91 Å². The number of aromatic amines is 1. The van der Waals surface area contributed by atoms with Crippen LogP contribution in [0.5, 0.6) is 0 Å². The lowest BCUT2D eigenvalue weighted by atomic mass is 10.1. The van der Waals surface area contributed by atoms with Crippen LogP contribution in [0.3, 0.4) is 0 Å². The molecule has 1 aliphatic rings. The standard InChI is InChI=1S/C27H32N6O4/c1-3-5-7-24-29-15-22(32(24)16-19-8-10-20(11-9-19)26(35)36)13-23-25(34)31(12-6-4-2)27(37)33(23)17-21-14-28-18-30-21/h8-11,13-15,18H,3-7,12,16-17H2,1-2H3,(H,28,30)(H,35,36)/b23-13+. The zero-order chi connectivity index (χ0) is 26.4. The number of unbranched alkanes of at least 4 members (excludes halogenated alkanes) is 2. The van der Waals surface area contributed by atoms with Crippen molar-refractivity contribution in [2.24, 2.45) is 0 Å². The number of carbonyl (C=O) groups is 3. The van der Waals surface area contributed by atoms with E-state index in [2.05, 4.69) is 21.9 Å². The lowest BCUT2D eigenvalue weighted by Crippen LogP contribution is -2.33. The van der Waals surface area contributed by atoms with Gasteiger partial charge in [0, 0.05) is 25.7 Å². The molecule has 1 saturated heterocycles. The quantitative estimate of drug-likeness (QED) is 0.280. The molecule has 0 spiro atoms. The topological polar surface area (TPSA) is 124 Å². The van der Waals surface area contributed by atoms with Crippen LogP contribution >= 0.6 is 0 Å². The number of carbonyl (C=O) groups excluding carboxylic acids is 2. The molecule has 1 fully saturated rings. The lowest BCUT2D eigenvalue weighted by Gasteiger charge is -2.16. The summed E-state index contributed by atoms with van der Waals surface area (Å²) in [5.41, 5.74) is 2.85. The van der Waals surface area contributed by atoms with Crippen molar-refractivity contribution in [3.05, 3.63) is 77.0 Å². The highest BCUT2D eigenvalue weighted by Crippen LogP contribution is 2.27.